The molecule has 5 nitrogen and oxygen atoms in total. The highest BCUT2D eigenvalue weighted by atomic mass is 16.5. The Morgan fingerprint density at radius 1 is 1.53 bits per heavy atom. The van der Waals surface area contributed by atoms with Crippen molar-refractivity contribution in [1.82, 2.24) is 0 Å². The summed E-state index contributed by atoms with van der Waals surface area (Å²) >= 11 is 0. The van der Waals surface area contributed by atoms with Crippen molar-refractivity contribution in [1.29, 1.82) is 0 Å². The number of methoxy groups -OCH3 is 1. The van der Waals surface area contributed by atoms with Gasteiger partial charge in [-0.3, -0.25) is 0 Å². The molecule has 1 aliphatic rings. The smallest absolute Gasteiger partial charge is 0.332 e. The average Bonchev–Trinajstić information content (AvgIpc) is 2.46. The Balaban J connectivity index is 2.57. The van der Waals surface area contributed by atoms with Crippen LogP contribution in [0.4, 0.5) is 5.69 Å². The molecule has 0 aromatic heterocycles. The summed E-state index contributed by atoms with van der Waals surface area (Å²) in [7, 11) is 1.55. The third kappa shape index (κ3) is 2.28. The number of fused-ring (bicyclic) bond motifs is 1. The summed E-state index contributed by atoms with van der Waals surface area (Å²) in [5.74, 6) is -0.0400. The van der Waals surface area contributed by atoms with E-state index >= 15 is 0 Å². The van der Waals surface area contributed by atoms with E-state index in [1.165, 1.54) is 0 Å². The first-order chi connectivity index (χ1) is 8.10. The number of hydrogen-bond donors (Lipinski definition) is 2. The number of nitrogens with two attached hydrogens (primary N) is 1. The predicted octanol–water partition coefficient (Wildman–Crippen LogP) is 1.56. The van der Waals surface area contributed by atoms with Crippen LogP contribution in [0.5, 0.6) is 5.75 Å². The number of carbonyl (C=O) groups is 1. The molecule has 1 aromatic carbocycles. The van der Waals surface area contributed by atoms with Crippen molar-refractivity contribution in [3.05, 3.63) is 29.3 Å². The van der Waals surface area contributed by atoms with Gasteiger partial charge in [-0.15, -0.1) is 0 Å². The number of benzene rings is 1. The van der Waals surface area contributed by atoms with Crippen LogP contribution in [0.2, 0.25) is 0 Å². The number of amidine groups is 1. The Hall–Kier alpha value is -2.30. The number of aliphatic carboxylic acids is 1. The van der Waals surface area contributed by atoms with E-state index in [0.29, 0.717) is 22.8 Å². The van der Waals surface area contributed by atoms with Gasteiger partial charge in [0.15, 0.2) is 0 Å². The van der Waals surface area contributed by atoms with Gasteiger partial charge in [0.25, 0.3) is 0 Å². The molecule has 2 rings (SSSR count). The highest BCUT2D eigenvalue weighted by Gasteiger charge is 2.15. The van der Waals surface area contributed by atoms with Crippen molar-refractivity contribution in [3.8, 4) is 5.75 Å². The fourth-order valence-electron chi connectivity index (χ4n) is 1.64. The molecule has 1 aromatic rings. The molecule has 0 saturated heterocycles. The molecule has 1 heterocycles. The minimum absolute atomic E-state index is 0.145. The molecule has 1 aliphatic heterocycles. The summed E-state index contributed by atoms with van der Waals surface area (Å²) in [6, 6.07) is 5.25. The zero-order valence-corrected chi connectivity index (χ0v) is 9.30. The van der Waals surface area contributed by atoms with Crippen LogP contribution < -0.4 is 10.5 Å². The van der Waals surface area contributed by atoms with Crippen molar-refractivity contribution in [2.75, 3.05) is 7.11 Å². The maximum atomic E-state index is 11.0. The molecular formula is C12H12N2O3. The Labute approximate surface area is 98.2 Å². The van der Waals surface area contributed by atoms with Crippen molar-refractivity contribution < 1.29 is 14.6 Å². The second-order valence-electron chi connectivity index (χ2n) is 3.68. The number of carboxylic acid groups (broad SMARTS) is 1. The summed E-state index contributed by atoms with van der Waals surface area (Å²) in [5, 5.41) is 9.02. The van der Waals surface area contributed by atoms with Gasteiger partial charge in [0.1, 0.15) is 11.6 Å². The minimum Gasteiger partial charge on any atom is -0.497 e. The van der Waals surface area contributed by atoms with Gasteiger partial charge in [0.2, 0.25) is 0 Å². The van der Waals surface area contributed by atoms with Crippen LogP contribution in [-0.4, -0.2) is 24.0 Å². The minimum atomic E-state index is -0.987. The number of nitrogens with zero attached hydrogens (tertiary/aromatic N) is 1. The fourth-order valence-corrected chi connectivity index (χ4v) is 1.64. The lowest BCUT2D eigenvalue weighted by Gasteiger charge is -2.03. The second kappa shape index (κ2) is 4.29. The molecule has 17 heavy (non-hydrogen) atoms. The van der Waals surface area contributed by atoms with Crippen molar-refractivity contribution in [2.45, 2.75) is 6.42 Å². The zero-order valence-electron chi connectivity index (χ0n) is 9.30. The van der Waals surface area contributed by atoms with Crippen LogP contribution in [0.3, 0.4) is 0 Å². The fraction of sp³-hybridized carbons (Fsp3) is 0.167. The van der Waals surface area contributed by atoms with Crippen molar-refractivity contribution in [2.24, 2.45) is 10.7 Å². The Morgan fingerprint density at radius 3 is 2.94 bits per heavy atom. The lowest BCUT2D eigenvalue weighted by molar-refractivity contribution is -0.132. The van der Waals surface area contributed by atoms with E-state index in [4.69, 9.17) is 15.6 Å². The van der Waals surface area contributed by atoms with Crippen LogP contribution >= 0.6 is 0 Å². The summed E-state index contributed by atoms with van der Waals surface area (Å²) in [6.45, 7) is 0. The third-order valence-electron chi connectivity index (χ3n) is 2.47. The van der Waals surface area contributed by atoms with Gasteiger partial charge < -0.3 is 15.6 Å². The van der Waals surface area contributed by atoms with Gasteiger partial charge in [-0.05, 0) is 24.3 Å². The first-order valence-corrected chi connectivity index (χ1v) is 5.05. The lowest BCUT2D eigenvalue weighted by atomic mass is 10.1. The first-order valence-electron chi connectivity index (χ1n) is 5.05. The molecule has 0 atom stereocenters. The number of ether oxygens (including phenoxy) is 1. The Morgan fingerprint density at radius 2 is 2.29 bits per heavy atom. The molecule has 0 aliphatic carbocycles. The molecular weight excluding hydrogens is 220 g/mol. The largest absolute Gasteiger partial charge is 0.497 e. The summed E-state index contributed by atoms with van der Waals surface area (Å²) in [6.07, 6.45) is 1.72. The highest BCUT2D eigenvalue weighted by molar-refractivity contribution is 6.02. The first kappa shape index (κ1) is 11.2. The Kier molecular flexibility index (Phi) is 2.82. The molecule has 0 unspecified atom stereocenters. The van der Waals surface area contributed by atoms with Crippen LogP contribution in [-0.2, 0) is 4.79 Å². The molecule has 0 spiro atoms. The summed E-state index contributed by atoms with van der Waals surface area (Å²) in [4.78, 5) is 15.2. The van der Waals surface area contributed by atoms with E-state index in [9.17, 15) is 4.79 Å². The molecule has 0 bridgehead atoms. The number of carboxylic acids is 1. The molecule has 0 saturated carbocycles. The zero-order chi connectivity index (χ0) is 12.4. The number of aliphatic imine (C=N–C) groups is 1. The SMILES string of the molecule is COc1ccc2c(c1)C=C(C(=O)O)CC(N)=N2. The van der Waals surface area contributed by atoms with Gasteiger partial charge in [0, 0.05) is 17.6 Å². The lowest BCUT2D eigenvalue weighted by Crippen LogP contribution is -2.14. The summed E-state index contributed by atoms with van der Waals surface area (Å²) < 4.78 is 5.09. The standard InChI is InChI=1S/C12H12N2O3/c1-17-9-2-3-10-7(5-9)4-8(12(15)16)6-11(13)14-10/h2-5H,6H2,1H3,(H2,13,14)(H,15,16). The monoisotopic (exact) mass is 232 g/mol. The van der Waals surface area contributed by atoms with E-state index in [1.54, 1.807) is 31.4 Å². The molecule has 5 heteroatoms. The molecule has 3 N–H and O–H groups in total. The van der Waals surface area contributed by atoms with Gasteiger partial charge in [-0.2, -0.15) is 0 Å². The van der Waals surface area contributed by atoms with Crippen molar-refractivity contribution >= 4 is 23.6 Å². The van der Waals surface area contributed by atoms with Gasteiger partial charge in [-0.1, -0.05) is 0 Å². The van der Waals surface area contributed by atoms with E-state index in [1.807, 2.05) is 0 Å². The van der Waals surface area contributed by atoms with E-state index in [-0.39, 0.29) is 12.0 Å². The number of hydrogen-bond acceptors (Lipinski definition) is 4. The normalized spacial score (nSPS) is 14.2. The van der Waals surface area contributed by atoms with E-state index in [0.717, 1.165) is 0 Å². The molecule has 0 fully saturated rings. The highest BCUT2D eigenvalue weighted by Crippen LogP contribution is 2.29. The van der Waals surface area contributed by atoms with Gasteiger partial charge in [-0.25, -0.2) is 9.79 Å². The van der Waals surface area contributed by atoms with Crippen LogP contribution in [0.25, 0.3) is 6.08 Å². The van der Waals surface area contributed by atoms with Gasteiger partial charge in [0.05, 0.1) is 12.8 Å². The number of rotatable bonds is 2. The molecule has 0 radical (unpaired) electrons. The topological polar surface area (TPSA) is 84.9 Å². The third-order valence-corrected chi connectivity index (χ3v) is 2.47. The summed E-state index contributed by atoms with van der Waals surface area (Å²) in [5.41, 5.74) is 7.23. The van der Waals surface area contributed by atoms with E-state index in [2.05, 4.69) is 4.99 Å². The second-order valence-corrected chi connectivity index (χ2v) is 3.68. The maximum Gasteiger partial charge on any atom is 0.332 e. The average molecular weight is 232 g/mol. The van der Waals surface area contributed by atoms with Crippen molar-refractivity contribution in [3.63, 3.8) is 0 Å². The van der Waals surface area contributed by atoms with Crippen LogP contribution in [0.15, 0.2) is 28.8 Å². The van der Waals surface area contributed by atoms with Crippen LogP contribution in [0.1, 0.15) is 12.0 Å². The van der Waals surface area contributed by atoms with E-state index < -0.39 is 5.97 Å². The molecule has 0 amide bonds. The quantitative estimate of drug-likeness (QED) is 0.810. The van der Waals surface area contributed by atoms with Gasteiger partial charge >= 0.3 is 5.97 Å². The molecule has 88 valence electrons. The van der Waals surface area contributed by atoms with Crippen LogP contribution in [0, 0.1) is 0 Å². The predicted molar refractivity (Wildman–Crippen MR) is 64.5 cm³/mol. The maximum absolute atomic E-state index is 11.0. The Bertz CT molecular complexity index is 533.